The van der Waals surface area contributed by atoms with Crippen molar-refractivity contribution < 1.29 is 5.11 Å². The molecule has 1 aromatic heterocycles. The first-order valence-electron chi connectivity index (χ1n) is 6.55. The minimum Gasteiger partial charge on any atom is -0.391 e. The van der Waals surface area contributed by atoms with E-state index in [-0.39, 0.29) is 6.61 Å². The van der Waals surface area contributed by atoms with E-state index in [4.69, 9.17) is 4.98 Å². The topological polar surface area (TPSA) is 33.1 Å². The highest BCUT2D eigenvalue weighted by Crippen LogP contribution is 2.43. The Morgan fingerprint density at radius 3 is 2.68 bits per heavy atom. The molecule has 2 aromatic rings. The monoisotopic (exact) mass is 291 g/mol. The number of nitrogens with zero attached hydrogens (tertiary/aromatic N) is 1. The number of aromatic nitrogens is 1. The van der Waals surface area contributed by atoms with Crippen molar-refractivity contribution in [2.45, 2.75) is 42.9 Å². The summed E-state index contributed by atoms with van der Waals surface area (Å²) >= 11 is 3.48. The number of aliphatic hydroxyl groups is 1. The molecular formula is C15H17NOS2. The van der Waals surface area contributed by atoms with Gasteiger partial charge in [-0.25, -0.2) is 4.98 Å². The molecule has 1 saturated carbocycles. The van der Waals surface area contributed by atoms with Crippen LogP contribution in [0.5, 0.6) is 0 Å². The van der Waals surface area contributed by atoms with Crippen molar-refractivity contribution >= 4 is 23.1 Å². The van der Waals surface area contributed by atoms with Gasteiger partial charge in [0.25, 0.3) is 0 Å². The molecule has 0 radical (unpaired) electrons. The van der Waals surface area contributed by atoms with E-state index < -0.39 is 0 Å². The molecule has 100 valence electrons. The van der Waals surface area contributed by atoms with Crippen molar-refractivity contribution in [2.24, 2.45) is 0 Å². The van der Waals surface area contributed by atoms with E-state index in [1.165, 1.54) is 23.3 Å². The molecule has 0 aliphatic heterocycles. The predicted molar refractivity (Wildman–Crippen MR) is 80.8 cm³/mol. The van der Waals surface area contributed by atoms with Gasteiger partial charge in [-0.05, 0) is 31.9 Å². The quantitative estimate of drug-likeness (QED) is 0.841. The van der Waals surface area contributed by atoms with Crippen molar-refractivity contribution in [1.82, 2.24) is 4.98 Å². The molecular weight excluding hydrogens is 274 g/mol. The van der Waals surface area contributed by atoms with E-state index in [1.807, 2.05) is 11.8 Å². The number of rotatable bonds is 5. The van der Waals surface area contributed by atoms with E-state index in [0.29, 0.717) is 5.92 Å². The molecule has 1 heterocycles. The first-order chi connectivity index (χ1) is 9.26. The summed E-state index contributed by atoms with van der Waals surface area (Å²) < 4.78 is 0. The Morgan fingerprint density at radius 1 is 1.32 bits per heavy atom. The molecule has 19 heavy (non-hydrogen) atoms. The van der Waals surface area contributed by atoms with Crippen LogP contribution in [-0.2, 0) is 12.4 Å². The van der Waals surface area contributed by atoms with E-state index in [0.717, 1.165) is 21.3 Å². The highest BCUT2D eigenvalue weighted by molar-refractivity contribution is 7.98. The maximum atomic E-state index is 9.39. The number of hydrogen-bond donors (Lipinski definition) is 1. The molecule has 0 amide bonds. The van der Waals surface area contributed by atoms with Gasteiger partial charge in [0.05, 0.1) is 22.9 Å². The lowest BCUT2D eigenvalue weighted by Crippen LogP contribution is -1.87. The lowest BCUT2D eigenvalue weighted by atomic mass is 10.2. The Hall–Kier alpha value is -0.840. The summed E-state index contributed by atoms with van der Waals surface area (Å²) in [5.41, 5.74) is 2.45. The molecule has 2 nitrogen and oxygen atoms in total. The molecule has 0 atom stereocenters. The smallest absolute Gasteiger partial charge is 0.103 e. The second kappa shape index (κ2) is 5.65. The molecule has 0 spiro atoms. The predicted octanol–water partition coefficient (Wildman–Crippen LogP) is 4.11. The van der Waals surface area contributed by atoms with Crippen LogP contribution in [-0.4, -0.2) is 10.1 Å². The number of aliphatic hydroxyl groups excluding tert-OH is 1. The minimum atomic E-state index is 0.138. The molecule has 1 aliphatic rings. The standard InChI is InChI=1S/C15H17NOS2/c1-10-2-6-12(7-3-10)18-9-14-16-15(11-4-5-11)13(8-17)19-14/h2-3,6-7,11,17H,4-5,8-9H2,1H3. The zero-order valence-electron chi connectivity index (χ0n) is 10.9. The summed E-state index contributed by atoms with van der Waals surface area (Å²) in [5.74, 6) is 1.52. The van der Waals surface area contributed by atoms with Gasteiger partial charge in [0.1, 0.15) is 5.01 Å². The van der Waals surface area contributed by atoms with Gasteiger partial charge in [-0.1, -0.05) is 17.7 Å². The molecule has 0 saturated heterocycles. The summed E-state index contributed by atoms with van der Waals surface area (Å²) in [6.07, 6.45) is 2.47. The summed E-state index contributed by atoms with van der Waals surface area (Å²) in [6, 6.07) is 8.59. The van der Waals surface area contributed by atoms with Gasteiger partial charge in [0.2, 0.25) is 0 Å². The fraction of sp³-hybridized carbons (Fsp3) is 0.400. The number of benzene rings is 1. The van der Waals surface area contributed by atoms with Crippen molar-refractivity contribution in [1.29, 1.82) is 0 Å². The van der Waals surface area contributed by atoms with Gasteiger partial charge in [-0.15, -0.1) is 23.1 Å². The van der Waals surface area contributed by atoms with Crippen LogP contribution < -0.4 is 0 Å². The Morgan fingerprint density at radius 2 is 2.05 bits per heavy atom. The van der Waals surface area contributed by atoms with Crippen LogP contribution in [0.25, 0.3) is 0 Å². The molecule has 1 N–H and O–H groups in total. The Labute approximate surface area is 121 Å². The Bertz CT molecular complexity index is 558. The van der Waals surface area contributed by atoms with Crippen molar-refractivity contribution in [2.75, 3.05) is 0 Å². The zero-order valence-corrected chi connectivity index (χ0v) is 12.6. The van der Waals surface area contributed by atoms with E-state index >= 15 is 0 Å². The molecule has 1 aromatic carbocycles. The van der Waals surface area contributed by atoms with Gasteiger partial charge < -0.3 is 5.11 Å². The third-order valence-corrected chi connectivity index (χ3v) is 5.52. The highest BCUT2D eigenvalue weighted by Gasteiger charge is 2.29. The average molecular weight is 291 g/mol. The lowest BCUT2D eigenvalue weighted by molar-refractivity contribution is 0.284. The van der Waals surface area contributed by atoms with Crippen molar-refractivity contribution in [3.63, 3.8) is 0 Å². The lowest BCUT2D eigenvalue weighted by Gasteiger charge is -1.99. The molecule has 0 unspecified atom stereocenters. The maximum absolute atomic E-state index is 9.39. The maximum Gasteiger partial charge on any atom is 0.103 e. The largest absolute Gasteiger partial charge is 0.391 e. The zero-order chi connectivity index (χ0) is 13.2. The van der Waals surface area contributed by atoms with Crippen LogP contribution in [0.3, 0.4) is 0 Å². The molecule has 3 rings (SSSR count). The average Bonchev–Trinajstić information content (AvgIpc) is 3.19. The fourth-order valence-corrected chi connectivity index (χ4v) is 3.95. The Balaban J connectivity index is 1.67. The Kier molecular flexibility index (Phi) is 3.91. The summed E-state index contributed by atoms with van der Waals surface area (Å²) in [4.78, 5) is 7.06. The third kappa shape index (κ3) is 3.19. The number of aryl methyl sites for hydroxylation is 1. The number of thiazole rings is 1. The van der Waals surface area contributed by atoms with E-state index in [1.54, 1.807) is 11.3 Å². The van der Waals surface area contributed by atoms with Crippen LogP contribution in [0.1, 0.15) is 39.9 Å². The summed E-state index contributed by atoms with van der Waals surface area (Å²) in [5, 5.41) is 10.5. The SMILES string of the molecule is Cc1ccc(SCc2nc(C3CC3)c(CO)s2)cc1. The van der Waals surface area contributed by atoms with Crippen LogP contribution in [0.15, 0.2) is 29.2 Å². The van der Waals surface area contributed by atoms with E-state index in [2.05, 4.69) is 31.2 Å². The van der Waals surface area contributed by atoms with Crippen molar-refractivity contribution in [3.8, 4) is 0 Å². The van der Waals surface area contributed by atoms with E-state index in [9.17, 15) is 5.11 Å². The molecule has 1 aliphatic carbocycles. The van der Waals surface area contributed by atoms with Crippen LogP contribution in [0.2, 0.25) is 0 Å². The van der Waals surface area contributed by atoms with Crippen molar-refractivity contribution in [3.05, 3.63) is 45.4 Å². The van der Waals surface area contributed by atoms with Gasteiger partial charge in [0.15, 0.2) is 0 Å². The van der Waals surface area contributed by atoms with Gasteiger partial charge in [-0.2, -0.15) is 0 Å². The molecule has 4 heteroatoms. The number of hydrogen-bond acceptors (Lipinski definition) is 4. The second-order valence-electron chi connectivity index (χ2n) is 4.95. The van der Waals surface area contributed by atoms with Gasteiger partial charge in [-0.3, -0.25) is 0 Å². The third-order valence-electron chi connectivity index (χ3n) is 3.26. The summed E-state index contributed by atoms with van der Waals surface area (Å²) in [6.45, 7) is 2.24. The normalized spacial score (nSPS) is 14.8. The fourth-order valence-electron chi connectivity index (χ4n) is 2.04. The minimum absolute atomic E-state index is 0.138. The van der Waals surface area contributed by atoms with Crippen LogP contribution >= 0.6 is 23.1 Å². The van der Waals surface area contributed by atoms with Gasteiger partial charge >= 0.3 is 0 Å². The van der Waals surface area contributed by atoms with Crippen LogP contribution in [0, 0.1) is 6.92 Å². The number of thioether (sulfide) groups is 1. The van der Waals surface area contributed by atoms with Gasteiger partial charge in [0, 0.05) is 10.8 Å². The highest BCUT2D eigenvalue weighted by atomic mass is 32.2. The molecule has 1 fully saturated rings. The first kappa shape index (κ1) is 13.2. The molecule has 0 bridgehead atoms. The van der Waals surface area contributed by atoms with Crippen LogP contribution in [0.4, 0.5) is 0 Å². The summed E-state index contributed by atoms with van der Waals surface area (Å²) in [7, 11) is 0. The first-order valence-corrected chi connectivity index (χ1v) is 8.35. The second-order valence-corrected chi connectivity index (χ2v) is 7.17.